The van der Waals surface area contributed by atoms with Gasteiger partial charge < -0.3 is 10.3 Å². The summed E-state index contributed by atoms with van der Waals surface area (Å²) in [5, 5.41) is 14.6. The summed E-state index contributed by atoms with van der Waals surface area (Å²) in [6, 6.07) is 5.94. The zero-order chi connectivity index (χ0) is 21.8. The standard InChI is InChI=1S/C20H22N4O4S2/c1-4-11(2)9-13-12(3)30-19-17(13)18(26)22-20(23-19)29-10-16(25)21-14-7-5-6-8-15(14)24(27)28/h5-8,11H,4,9-10H2,1-3H3,(H,21,25)(H,22,23,26). The largest absolute Gasteiger partial charge is 0.320 e. The van der Waals surface area contributed by atoms with Crippen molar-refractivity contribution in [1.82, 2.24) is 9.97 Å². The minimum absolute atomic E-state index is 0.0371. The summed E-state index contributed by atoms with van der Waals surface area (Å²) < 4.78 is 0. The Balaban J connectivity index is 1.75. The van der Waals surface area contributed by atoms with Crippen LogP contribution >= 0.6 is 23.1 Å². The summed E-state index contributed by atoms with van der Waals surface area (Å²) in [4.78, 5) is 44.5. The lowest BCUT2D eigenvalue weighted by Gasteiger charge is -2.08. The fraction of sp³-hybridized carbons (Fsp3) is 0.350. The summed E-state index contributed by atoms with van der Waals surface area (Å²) >= 11 is 2.56. The zero-order valence-electron chi connectivity index (χ0n) is 16.9. The number of thiophene rings is 1. The van der Waals surface area contributed by atoms with Crippen LogP contribution in [0, 0.1) is 23.0 Å². The van der Waals surface area contributed by atoms with Crippen molar-refractivity contribution in [3.05, 3.63) is 55.2 Å². The lowest BCUT2D eigenvalue weighted by atomic mass is 9.98. The van der Waals surface area contributed by atoms with Gasteiger partial charge in [0.25, 0.3) is 11.2 Å². The van der Waals surface area contributed by atoms with E-state index in [9.17, 15) is 19.7 Å². The Hall–Kier alpha value is -2.72. The normalized spacial score (nSPS) is 12.1. The molecule has 1 aromatic carbocycles. The van der Waals surface area contributed by atoms with Gasteiger partial charge in [-0.3, -0.25) is 19.7 Å². The molecule has 8 nitrogen and oxygen atoms in total. The van der Waals surface area contributed by atoms with Crippen molar-refractivity contribution in [2.45, 2.75) is 38.8 Å². The Morgan fingerprint density at radius 1 is 1.40 bits per heavy atom. The second kappa shape index (κ2) is 9.40. The molecule has 3 aromatic rings. The van der Waals surface area contributed by atoms with Gasteiger partial charge in [0.05, 0.1) is 16.1 Å². The molecule has 0 aliphatic rings. The molecule has 0 bridgehead atoms. The maximum absolute atomic E-state index is 12.7. The molecule has 0 spiro atoms. The molecule has 0 fully saturated rings. The maximum atomic E-state index is 12.7. The molecule has 2 heterocycles. The van der Waals surface area contributed by atoms with Crippen molar-refractivity contribution in [3.63, 3.8) is 0 Å². The number of hydrogen-bond acceptors (Lipinski definition) is 7. The Kier molecular flexibility index (Phi) is 6.88. The molecule has 0 saturated carbocycles. The summed E-state index contributed by atoms with van der Waals surface area (Å²) in [6.07, 6.45) is 1.86. The number of H-pyrrole nitrogens is 1. The number of carbonyl (C=O) groups excluding carboxylic acids is 1. The summed E-state index contributed by atoms with van der Waals surface area (Å²) in [5.41, 5.74) is 0.799. The van der Waals surface area contributed by atoms with Gasteiger partial charge in [-0.05, 0) is 30.9 Å². The van der Waals surface area contributed by atoms with Crippen LogP contribution in [0.25, 0.3) is 10.2 Å². The minimum atomic E-state index is -0.550. The number of nitrogens with zero attached hydrogens (tertiary/aromatic N) is 2. The maximum Gasteiger partial charge on any atom is 0.292 e. The summed E-state index contributed by atoms with van der Waals surface area (Å²) in [7, 11) is 0. The molecule has 1 unspecified atom stereocenters. The lowest BCUT2D eigenvalue weighted by Crippen LogP contribution is -2.16. The van der Waals surface area contributed by atoms with E-state index in [0.717, 1.165) is 35.0 Å². The predicted molar refractivity (Wildman–Crippen MR) is 121 cm³/mol. The van der Waals surface area contributed by atoms with Gasteiger partial charge in [-0.25, -0.2) is 4.98 Å². The van der Waals surface area contributed by atoms with Crippen molar-refractivity contribution in [1.29, 1.82) is 0 Å². The third-order valence-electron chi connectivity index (χ3n) is 4.81. The van der Waals surface area contributed by atoms with E-state index in [0.29, 0.717) is 21.3 Å². The van der Waals surface area contributed by atoms with Crippen LogP contribution in [0.4, 0.5) is 11.4 Å². The second-order valence-corrected chi connectivity index (χ2v) is 9.18. The highest BCUT2D eigenvalue weighted by Gasteiger charge is 2.18. The molecular weight excluding hydrogens is 424 g/mol. The number of aromatic amines is 1. The molecule has 2 N–H and O–H groups in total. The molecular formula is C20H22N4O4S2. The number of benzene rings is 1. The smallest absolute Gasteiger partial charge is 0.292 e. The number of nitrogens with one attached hydrogen (secondary N) is 2. The zero-order valence-corrected chi connectivity index (χ0v) is 18.5. The van der Waals surface area contributed by atoms with E-state index in [1.54, 1.807) is 6.07 Å². The van der Waals surface area contributed by atoms with Crippen LogP contribution in [0.15, 0.2) is 34.2 Å². The third kappa shape index (κ3) is 4.88. The van der Waals surface area contributed by atoms with E-state index in [2.05, 4.69) is 29.1 Å². The number of hydrogen-bond donors (Lipinski definition) is 2. The highest BCUT2D eigenvalue weighted by atomic mass is 32.2. The third-order valence-corrected chi connectivity index (χ3v) is 6.72. The molecule has 2 aromatic heterocycles. The molecule has 0 aliphatic carbocycles. The fourth-order valence-corrected chi connectivity index (χ4v) is 4.79. The van der Waals surface area contributed by atoms with Gasteiger partial charge >= 0.3 is 0 Å². The first kappa shape index (κ1) is 22.0. The van der Waals surface area contributed by atoms with Crippen molar-refractivity contribution < 1.29 is 9.72 Å². The van der Waals surface area contributed by atoms with Gasteiger partial charge in [0.2, 0.25) is 5.91 Å². The Morgan fingerprint density at radius 3 is 2.83 bits per heavy atom. The van der Waals surface area contributed by atoms with Crippen molar-refractivity contribution >= 4 is 50.6 Å². The molecule has 0 aliphatic heterocycles. The first-order valence-electron chi connectivity index (χ1n) is 9.48. The average Bonchev–Trinajstić information content (AvgIpc) is 3.02. The number of aryl methyl sites for hydroxylation is 1. The van der Waals surface area contributed by atoms with Gasteiger partial charge in [-0.2, -0.15) is 0 Å². The van der Waals surface area contributed by atoms with Crippen molar-refractivity contribution in [3.8, 4) is 0 Å². The highest BCUT2D eigenvalue weighted by molar-refractivity contribution is 7.99. The van der Waals surface area contributed by atoms with Gasteiger partial charge in [-0.1, -0.05) is 44.2 Å². The topological polar surface area (TPSA) is 118 Å². The molecule has 30 heavy (non-hydrogen) atoms. The lowest BCUT2D eigenvalue weighted by molar-refractivity contribution is -0.383. The number of nitro groups is 1. The van der Waals surface area contributed by atoms with Crippen LogP contribution in [-0.2, 0) is 11.2 Å². The van der Waals surface area contributed by atoms with Crippen LogP contribution in [0.1, 0.15) is 30.7 Å². The molecule has 1 amide bonds. The van der Waals surface area contributed by atoms with E-state index >= 15 is 0 Å². The molecule has 3 rings (SSSR count). The number of aromatic nitrogens is 2. The number of carbonyl (C=O) groups is 1. The molecule has 0 saturated heterocycles. The van der Waals surface area contributed by atoms with Gasteiger partial charge in [0.15, 0.2) is 5.16 Å². The number of thioether (sulfide) groups is 1. The van der Waals surface area contributed by atoms with E-state index in [-0.39, 0.29) is 22.7 Å². The number of nitro benzene ring substituents is 1. The number of rotatable bonds is 8. The first-order chi connectivity index (χ1) is 14.3. The highest BCUT2D eigenvalue weighted by Crippen LogP contribution is 2.30. The predicted octanol–water partition coefficient (Wildman–Crippen LogP) is 4.52. The summed E-state index contributed by atoms with van der Waals surface area (Å²) in [5.74, 6) is 0.0162. The number of amides is 1. The Bertz CT molecular complexity index is 1160. The fourth-order valence-electron chi connectivity index (χ4n) is 3.02. The first-order valence-corrected chi connectivity index (χ1v) is 11.3. The molecule has 0 radical (unpaired) electrons. The van der Waals surface area contributed by atoms with Gasteiger partial charge in [0, 0.05) is 10.9 Å². The second-order valence-electron chi connectivity index (χ2n) is 7.02. The quantitative estimate of drug-likeness (QED) is 0.227. The Labute approximate surface area is 181 Å². The van der Waals surface area contributed by atoms with Crippen LogP contribution < -0.4 is 10.9 Å². The molecule has 1 atom stereocenters. The molecule has 10 heteroatoms. The van der Waals surface area contributed by atoms with Gasteiger partial charge in [-0.15, -0.1) is 11.3 Å². The monoisotopic (exact) mass is 446 g/mol. The van der Waals surface area contributed by atoms with Crippen LogP contribution in [0.5, 0.6) is 0 Å². The van der Waals surface area contributed by atoms with E-state index in [1.165, 1.54) is 29.5 Å². The van der Waals surface area contributed by atoms with Gasteiger partial charge in [0.1, 0.15) is 10.5 Å². The van der Waals surface area contributed by atoms with E-state index in [1.807, 2.05) is 6.92 Å². The average molecular weight is 447 g/mol. The van der Waals surface area contributed by atoms with Crippen LogP contribution in [0.3, 0.4) is 0 Å². The van der Waals surface area contributed by atoms with E-state index < -0.39 is 10.8 Å². The number of anilines is 1. The summed E-state index contributed by atoms with van der Waals surface area (Å²) in [6.45, 7) is 6.28. The van der Waals surface area contributed by atoms with Crippen LogP contribution in [0.2, 0.25) is 0 Å². The SMILES string of the molecule is CCC(C)Cc1c(C)sc2nc(SCC(=O)Nc3ccccc3[N+](=O)[O-])[nH]c(=O)c12. The number of para-hydroxylation sites is 2. The van der Waals surface area contributed by atoms with Crippen molar-refractivity contribution in [2.24, 2.45) is 5.92 Å². The van der Waals surface area contributed by atoms with Crippen LogP contribution in [-0.4, -0.2) is 26.6 Å². The minimum Gasteiger partial charge on any atom is -0.320 e. The number of fused-ring (bicyclic) bond motifs is 1. The van der Waals surface area contributed by atoms with E-state index in [4.69, 9.17) is 0 Å². The Morgan fingerprint density at radius 2 is 2.13 bits per heavy atom. The molecule has 158 valence electrons. The van der Waals surface area contributed by atoms with Crippen molar-refractivity contribution in [2.75, 3.05) is 11.1 Å².